The molecule has 4 fully saturated rings. The van der Waals surface area contributed by atoms with Crippen molar-refractivity contribution in [2.75, 3.05) is 111 Å². The number of aromatic carboxylic acids is 2. The molecule has 0 spiro atoms. The zero-order valence-electron chi connectivity index (χ0n) is 46.4. The van der Waals surface area contributed by atoms with Crippen LogP contribution in [0.1, 0.15) is 110 Å². The third kappa shape index (κ3) is 14.5. The van der Waals surface area contributed by atoms with Gasteiger partial charge in [0.05, 0.1) is 24.5 Å². The molecule has 21 heteroatoms. The van der Waals surface area contributed by atoms with E-state index in [2.05, 4.69) is 116 Å². The zero-order valence-corrected chi connectivity index (χ0v) is 47.9. The van der Waals surface area contributed by atoms with Gasteiger partial charge in [0.1, 0.15) is 22.5 Å². The molecule has 4 saturated heterocycles. The second kappa shape index (κ2) is 27.1. The lowest BCUT2D eigenvalue weighted by Gasteiger charge is -2.37. The van der Waals surface area contributed by atoms with Crippen LogP contribution in [0.25, 0.3) is 22.3 Å². The highest BCUT2D eigenvalue weighted by Crippen LogP contribution is 2.41. The summed E-state index contributed by atoms with van der Waals surface area (Å²) in [6.07, 6.45) is -1.03. The number of piperazine rings is 2. The van der Waals surface area contributed by atoms with Crippen molar-refractivity contribution in [2.45, 2.75) is 78.3 Å². The van der Waals surface area contributed by atoms with Gasteiger partial charge in [-0.3, -0.25) is 19.2 Å². The third-order valence-corrected chi connectivity index (χ3v) is 16.2. The molecule has 4 N–H and O–H groups in total. The van der Waals surface area contributed by atoms with Gasteiger partial charge in [0.25, 0.3) is 12.9 Å². The highest BCUT2D eigenvalue weighted by molar-refractivity contribution is 6.31. The van der Waals surface area contributed by atoms with E-state index in [1.165, 1.54) is 20.7 Å². The molecule has 0 aliphatic carbocycles. The summed E-state index contributed by atoms with van der Waals surface area (Å²) in [6.45, 7) is 21.9. The predicted molar refractivity (Wildman–Crippen MR) is 314 cm³/mol. The Kier molecular flexibility index (Phi) is 20.3. The minimum absolute atomic E-state index is 0. The summed E-state index contributed by atoms with van der Waals surface area (Å²) in [4.78, 5) is 37.2. The Morgan fingerprint density at radius 1 is 0.531 bits per heavy atom. The highest BCUT2D eigenvalue weighted by atomic mass is 35.5. The van der Waals surface area contributed by atoms with E-state index < -0.39 is 47.3 Å². The molecule has 15 nitrogen and oxygen atoms in total. The molecule has 10 rings (SSSR count). The van der Waals surface area contributed by atoms with Crippen molar-refractivity contribution in [1.82, 2.24) is 29.4 Å². The topological polar surface area (TPSA) is 161 Å². The molecule has 6 aromatic rings. The van der Waals surface area contributed by atoms with Gasteiger partial charge in [-0.15, -0.1) is 0 Å². The van der Waals surface area contributed by atoms with E-state index in [9.17, 15) is 37.4 Å². The third-order valence-electron chi connectivity index (χ3n) is 15.7. The quantitative estimate of drug-likeness (QED) is 0.0884. The van der Waals surface area contributed by atoms with Crippen LogP contribution in [0.5, 0.6) is 0 Å². The molecule has 0 saturated carbocycles. The number of benzene rings is 4. The number of halogens is 6. The Bertz CT molecular complexity index is 2850. The van der Waals surface area contributed by atoms with Crippen LogP contribution in [-0.4, -0.2) is 149 Å². The molecule has 0 amide bonds. The first-order valence-corrected chi connectivity index (χ1v) is 28.6. The number of anilines is 4. The van der Waals surface area contributed by atoms with Gasteiger partial charge in [0.15, 0.2) is 0 Å². The van der Waals surface area contributed by atoms with E-state index in [-0.39, 0.29) is 17.6 Å². The molecule has 4 aliphatic rings. The van der Waals surface area contributed by atoms with Gasteiger partial charge >= 0.3 is 11.9 Å². The van der Waals surface area contributed by atoms with Gasteiger partial charge in [0.2, 0.25) is 0 Å². The maximum atomic E-state index is 13.9. The van der Waals surface area contributed by atoms with E-state index in [4.69, 9.17) is 23.2 Å². The van der Waals surface area contributed by atoms with E-state index in [0.717, 1.165) is 137 Å². The van der Waals surface area contributed by atoms with Crippen molar-refractivity contribution in [3.05, 3.63) is 130 Å². The van der Waals surface area contributed by atoms with Gasteiger partial charge in [-0.2, -0.15) is 10.2 Å². The number of carbonyl (C=O) groups is 2. The first-order valence-electron chi connectivity index (χ1n) is 27.8. The fraction of sp³-hybridized carbons (Fsp3) is 0.467. The van der Waals surface area contributed by atoms with Crippen LogP contribution in [0.15, 0.2) is 97.3 Å². The number of rotatable bonds is 16. The fourth-order valence-electron chi connectivity index (χ4n) is 12.0. The van der Waals surface area contributed by atoms with Crippen LogP contribution in [0.2, 0.25) is 10.0 Å². The molecule has 4 aliphatic heterocycles. The van der Waals surface area contributed by atoms with E-state index >= 15 is 0 Å². The molecular formula is C60H74Cl2F4N10O5. The van der Waals surface area contributed by atoms with E-state index in [0.29, 0.717) is 47.8 Å². The Balaban J connectivity index is 0.000000210. The molecule has 2 atom stereocenters. The van der Waals surface area contributed by atoms with Crippen LogP contribution in [0.3, 0.4) is 0 Å². The minimum atomic E-state index is -2.93. The molecule has 81 heavy (non-hydrogen) atoms. The average molecular weight is 1160 g/mol. The molecule has 6 heterocycles. The predicted octanol–water partition coefficient (Wildman–Crippen LogP) is 12.1. The Morgan fingerprint density at radius 2 is 0.889 bits per heavy atom. The molecule has 436 valence electrons. The van der Waals surface area contributed by atoms with Crippen molar-refractivity contribution >= 4 is 57.9 Å². The largest absolute Gasteiger partial charge is 0.478 e. The van der Waals surface area contributed by atoms with Crippen LogP contribution >= 0.6 is 23.2 Å². The lowest BCUT2D eigenvalue weighted by molar-refractivity contribution is 0.0672. The second-order valence-corrected chi connectivity index (χ2v) is 23.1. The summed E-state index contributed by atoms with van der Waals surface area (Å²) >= 11 is 12.9. The maximum absolute atomic E-state index is 13.9. The fourth-order valence-corrected chi connectivity index (χ4v) is 12.3. The monoisotopic (exact) mass is 1160 g/mol. The summed E-state index contributed by atoms with van der Waals surface area (Å²) in [5.74, 6) is -1.45. The Morgan fingerprint density at radius 3 is 1.21 bits per heavy atom. The SMILES string of the molecule is CC(C)CN1CCN(c2ccc(-c3ccc(Cl)cc3N3CCCC(n4ncc(C(=O)O)c4C(F)F)C3)cc2)CC1.CC(C)CN1CCN(c2ccc(-c3ccc(Cl)cc3N3CCCC(n4ncc(C(=O)O)c4C(F)F)C3)cc2)CC1.O. The Hall–Kier alpha value is -6.38. The van der Waals surface area contributed by atoms with Crippen molar-refractivity contribution < 1.29 is 42.8 Å². The smallest absolute Gasteiger partial charge is 0.339 e. The number of nitrogens with zero attached hydrogens (tertiary/aromatic N) is 10. The van der Waals surface area contributed by atoms with Gasteiger partial charge in [-0.1, -0.05) is 87.3 Å². The summed E-state index contributed by atoms with van der Waals surface area (Å²) < 4.78 is 57.9. The second-order valence-electron chi connectivity index (χ2n) is 22.3. The summed E-state index contributed by atoms with van der Waals surface area (Å²) in [5, 5.41) is 28.1. The average Bonchev–Trinajstić information content (AvgIpc) is 4.22. The molecule has 0 radical (unpaired) electrons. The van der Waals surface area contributed by atoms with Crippen molar-refractivity contribution in [3.63, 3.8) is 0 Å². The Labute approximate surface area is 481 Å². The highest BCUT2D eigenvalue weighted by Gasteiger charge is 2.34. The summed E-state index contributed by atoms with van der Waals surface area (Å²) in [7, 11) is 0. The van der Waals surface area contributed by atoms with Gasteiger partial charge in [-0.25, -0.2) is 27.2 Å². The molecule has 0 bridgehead atoms. The van der Waals surface area contributed by atoms with Gasteiger partial charge < -0.3 is 35.3 Å². The zero-order chi connectivity index (χ0) is 56.8. The van der Waals surface area contributed by atoms with Crippen LogP contribution < -0.4 is 19.6 Å². The van der Waals surface area contributed by atoms with Crippen LogP contribution in [0, 0.1) is 11.8 Å². The van der Waals surface area contributed by atoms with Crippen molar-refractivity contribution in [2.24, 2.45) is 11.8 Å². The van der Waals surface area contributed by atoms with E-state index in [1.807, 2.05) is 36.4 Å². The summed E-state index contributed by atoms with van der Waals surface area (Å²) in [6, 6.07) is 28.0. The molecule has 2 aromatic heterocycles. The number of hydrogen-bond donors (Lipinski definition) is 2. The number of aromatic nitrogens is 4. The van der Waals surface area contributed by atoms with Crippen LogP contribution in [0.4, 0.5) is 40.3 Å². The normalized spacial score (nSPS) is 18.4. The molecule has 2 unspecified atom stereocenters. The molecular weight excluding hydrogens is 1090 g/mol. The maximum Gasteiger partial charge on any atom is 0.339 e. The standard InChI is InChI=1S/2C30H36ClF2N5O2.H2O/c2*1-20(2)18-35-12-14-36(15-13-35)23-8-5-21(6-9-23)25-10-7-22(31)16-27(25)37-11-3-4-24(19-37)38-28(29(32)33)26(17-34-38)30(39)40;/h2*5-10,16-17,20,24,29H,3-4,11-15,18-19H2,1-2H3,(H,39,40);1H2. The molecule has 4 aromatic carbocycles. The van der Waals surface area contributed by atoms with Crippen LogP contribution in [-0.2, 0) is 0 Å². The number of carboxylic acid groups (broad SMARTS) is 2. The van der Waals surface area contributed by atoms with Gasteiger partial charge in [-0.05, 0) is 97.2 Å². The minimum Gasteiger partial charge on any atom is -0.478 e. The first-order chi connectivity index (χ1) is 38.4. The van der Waals surface area contributed by atoms with Crippen molar-refractivity contribution in [1.29, 1.82) is 0 Å². The summed E-state index contributed by atoms with van der Waals surface area (Å²) in [5.41, 5.74) is 6.42. The number of alkyl halides is 4. The van der Waals surface area contributed by atoms with Crippen molar-refractivity contribution in [3.8, 4) is 22.3 Å². The van der Waals surface area contributed by atoms with Gasteiger partial charge in [0, 0.05) is 136 Å². The number of piperidine rings is 2. The number of carboxylic acids is 2. The van der Waals surface area contributed by atoms with E-state index in [1.54, 1.807) is 0 Å². The first kappa shape index (κ1) is 60.7. The lowest BCUT2D eigenvalue weighted by atomic mass is 9.99. The number of hydrogen-bond acceptors (Lipinski definition) is 10. The lowest BCUT2D eigenvalue weighted by Crippen LogP contribution is -2.47.